The second kappa shape index (κ2) is 14.1. The van der Waals surface area contributed by atoms with Gasteiger partial charge in [0, 0.05) is 47.9 Å². The molecule has 232 valence electrons. The standard InChI is InChI=1S/C36H32N4O5S/c1-23(41)25-11-17-29(18-12-25)40-33(42)22-32(36(40)45)46-30-19-13-27(14-20-30)37-35(44)31(38-34(43)26-7-5-4-6-8-26)21-24-9-15-28(16-10-24)39(2)3/h4-21,32H,22H2,1-3H3,(H,37,44)(H,38,43)/b31-21-. The molecule has 46 heavy (non-hydrogen) atoms. The number of rotatable bonds is 10. The first-order valence-corrected chi connectivity index (χ1v) is 15.4. The third kappa shape index (κ3) is 7.59. The summed E-state index contributed by atoms with van der Waals surface area (Å²) >= 11 is 1.26. The van der Waals surface area contributed by atoms with Gasteiger partial charge in [0.2, 0.25) is 11.8 Å². The van der Waals surface area contributed by atoms with Gasteiger partial charge in [-0.05, 0) is 91.4 Å². The van der Waals surface area contributed by atoms with Crippen LogP contribution in [-0.2, 0) is 14.4 Å². The van der Waals surface area contributed by atoms with Crippen LogP contribution in [0, 0.1) is 0 Å². The Balaban J connectivity index is 1.27. The first-order chi connectivity index (χ1) is 22.1. The van der Waals surface area contributed by atoms with Crippen molar-refractivity contribution < 1.29 is 24.0 Å². The lowest BCUT2D eigenvalue weighted by atomic mass is 10.1. The Bertz CT molecular complexity index is 1800. The van der Waals surface area contributed by atoms with Crippen molar-refractivity contribution in [1.82, 2.24) is 5.32 Å². The average molecular weight is 633 g/mol. The van der Waals surface area contributed by atoms with Crippen LogP contribution in [0.5, 0.6) is 0 Å². The molecule has 0 aromatic heterocycles. The van der Waals surface area contributed by atoms with Crippen molar-refractivity contribution in [3.05, 3.63) is 126 Å². The summed E-state index contributed by atoms with van der Waals surface area (Å²) < 4.78 is 0. The fourth-order valence-corrected chi connectivity index (χ4v) is 5.82. The van der Waals surface area contributed by atoms with Gasteiger partial charge in [0.05, 0.1) is 10.9 Å². The van der Waals surface area contributed by atoms with Crippen LogP contribution < -0.4 is 20.4 Å². The van der Waals surface area contributed by atoms with E-state index in [0.717, 1.165) is 21.0 Å². The predicted molar refractivity (Wildman–Crippen MR) is 181 cm³/mol. The van der Waals surface area contributed by atoms with E-state index in [0.29, 0.717) is 22.5 Å². The van der Waals surface area contributed by atoms with E-state index >= 15 is 0 Å². The highest BCUT2D eigenvalue weighted by Crippen LogP contribution is 2.34. The van der Waals surface area contributed by atoms with Gasteiger partial charge in [0.1, 0.15) is 5.70 Å². The lowest BCUT2D eigenvalue weighted by molar-refractivity contribution is -0.121. The highest BCUT2D eigenvalue weighted by Gasteiger charge is 2.40. The molecule has 10 heteroatoms. The minimum atomic E-state index is -0.609. The average Bonchev–Trinajstić information content (AvgIpc) is 3.33. The number of carbonyl (C=O) groups excluding carboxylic acids is 5. The molecule has 0 aliphatic carbocycles. The van der Waals surface area contributed by atoms with Gasteiger partial charge >= 0.3 is 0 Å². The lowest BCUT2D eigenvalue weighted by Crippen LogP contribution is -2.31. The number of anilines is 3. The van der Waals surface area contributed by atoms with Crippen molar-refractivity contribution >= 4 is 64.3 Å². The van der Waals surface area contributed by atoms with E-state index in [2.05, 4.69) is 10.6 Å². The lowest BCUT2D eigenvalue weighted by Gasteiger charge is -2.15. The molecule has 0 radical (unpaired) electrons. The van der Waals surface area contributed by atoms with E-state index in [-0.39, 0.29) is 29.7 Å². The van der Waals surface area contributed by atoms with Crippen molar-refractivity contribution in [3.8, 4) is 0 Å². The van der Waals surface area contributed by atoms with Crippen LogP contribution in [0.25, 0.3) is 6.08 Å². The molecule has 0 bridgehead atoms. The zero-order chi connectivity index (χ0) is 32.8. The van der Waals surface area contributed by atoms with E-state index in [9.17, 15) is 24.0 Å². The first-order valence-electron chi connectivity index (χ1n) is 14.5. The van der Waals surface area contributed by atoms with Gasteiger partial charge in [-0.2, -0.15) is 0 Å². The predicted octanol–water partition coefficient (Wildman–Crippen LogP) is 5.79. The molecular weight excluding hydrogens is 600 g/mol. The summed E-state index contributed by atoms with van der Waals surface area (Å²) in [6.07, 6.45) is 1.66. The number of imide groups is 1. The van der Waals surface area contributed by atoms with Gasteiger partial charge in [-0.15, -0.1) is 11.8 Å². The Hall–Kier alpha value is -5.48. The fraction of sp³-hybridized carbons (Fsp3) is 0.139. The van der Waals surface area contributed by atoms with Crippen LogP contribution >= 0.6 is 11.8 Å². The fourth-order valence-electron chi connectivity index (χ4n) is 4.77. The number of benzene rings is 4. The number of amides is 4. The Morgan fingerprint density at radius 1 is 0.826 bits per heavy atom. The summed E-state index contributed by atoms with van der Waals surface area (Å²) in [4.78, 5) is 67.7. The maximum Gasteiger partial charge on any atom is 0.272 e. The van der Waals surface area contributed by atoms with Crippen LogP contribution in [-0.4, -0.2) is 48.8 Å². The second-order valence-corrected chi connectivity index (χ2v) is 12.1. The minimum Gasteiger partial charge on any atom is -0.378 e. The third-order valence-corrected chi connectivity index (χ3v) is 8.47. The van der Waals surface area contributed by atoms with Gasteiger partial charge in [-0.3, -0.25) is 24.0 Å². The smallest absolute Gasteiger partial charge is 0.272 e. The van der Waals surface area contributed by atoms with E-state index in [1.165, 1.54) is 18.7 Å². The molecule has 0 saturated carbocycles. The number of thioether (sulfide) groups is 1. The molecule has 1 atom stereocenters. The maximum atomic E-state index is 13.4. The number of ketones is 1. The molecule has 1 aliphatic rings. The van der Waals surface area contributed by atoms with Gasteiger partial charge < -0.3 is 15.5 Å². The molecule has 4 aromatic carbocycles. The van der Waals surface area contributed by atoms with Crippen molar-refractivity contribution in [1.29, 1.82) is 0 Å². The second-order valence-electron chi connectivity index (χ2n) is 10.8. The summed E-state index contributed by atoms with van der Waals surface area (Å²) in [5.74, 6) is -1.67. The molecule has 1 unspecified atom stereocenters. The Labute approximate surface area is 271 Å². The number of nitrogens with zero attached hydrogens (tertiary/aromatic N) is 2. The highest BCUT2D eigenvalue weighted by atomic mass is 32.2. The molecule has 1 aliphatic heterocycles. The summed E-state index contributed by atoms with van der Waals surface area (Å²) in [6, 6.07) is 29.5. The molecular formula is C36H32N4O5S. The number of nitrogens with one attached hydrogen (secondary N) is 2. The van der Waals surface area contributed by atoms with E-state index in [1.807, 2.05) is 43.3 Å². The summed E-state index contributed by atoms with van der Waals surface area (Å²) in [5.41, 5.74) is 3.62. The topological polar surface area (TPSA) is 116 Å². The van der Waals surface area contributed by atoms with E-state index in [1.54, 1.807) is 84.9 Å². The van der Waals surface area contributed by atoms with Crippen LogP contribution in [0.1, 0.15) is 39.6 Å². The minimum absolute atomic E-state index is 0.0429. The molecule has 1 saturated heterocycles. The van der Waals surface area contributed by atoms with Crippen molar-refractivity contribution in [2.75, 3.05) is 29.2 Å². The largest absolute Gasteiger partial charge is 0.378 e. The Kier molecular flexibility index (Phi) is 9.78. The zero-order valence-electron chi connectivity index (χ0n) is 25.5. The van der Waals surface area contributed by atoms with Crippen molar-refractivity contribution in [2.24, 2.45) is 0 Å². The number of carbonyl (C=O) groups is 5. The molecule has 5 rings (SSSR count). The van der Waals surface area contributed by atoms with Crippen LogP contribution in [0.3, 0.4) is 0 Å². The zero-order valence-corrected chi connectivity index (χ0v) is 26.3. The van der Waals surface area contributed by atoms with Gasteiger partial charge in [-0.1, -0.05) is 30.3 Å². The molecule has 4 aromatic rings. The van der Waals surface area contributed by atoms with E-state index < -0.39 is 17.1 Å². The number of Topliss-reactive ketones (excluding diaryl/α,β-unsaturated/α-hetero) is 1. The normalized spacial score (nSPS) is 14.6. The van der Waals surface area contributed by atoms with Crippen molar-refractivity contribution in [2.45, 2.75) is 23.5 Å². The molecule has 4 amide bonds. The van der Waals surface area contributed by atoms with Crippen LogP contribution in [0.4, 0.5) is 17.1 Å². The Morgan fingerprint density at radius 2 is 1.48 bits per heavy atom. The number of hydrogen-bond acceptors (Lipinski definition) is 7. The first kappa shape index (κ1) is 31.9. The molecule has 1 heterocycles. The van der Waals surface area contributed by atoms with Gasteiger partial charge in [0.25, 0.3) is 11.8 Å². The summed E-state index contributed by atoms with van der Waals surface area (Å²) in [5, 5.41) is 4.96. The summed E-state index contributed by atoms with van der Waals surface area (Å²) in [7, 11) is 3.87. The van der Waals surface area contributed by atoms with Gasteiger partial charge in [0.15, 0.2) is 5.78 Å². The van der Waals surface area contributed by atoms with Crippen molar-refractivity contribution in [3.63, 3.8) is 0 Å². The number of hydrogen-bond donors (Lipinski definition) is 2. The summed E-state index contributed by atoms with van der Waals surface area (Å²) in [6.45, 7) is 1.45. The van der Waals surface area contributed by atoms with Gasteiger partial charge in [-0.25, -0.2) is 4.90 Å². The molecule has 1 fully saturated rings. The molecule has 9 nitrogen and oxygen atoms in total. The molecule has 2 N–H and O–H groups in total. The monoisotopic (exact) mass is 632 g/mol. The van der Waals surface area contributed by atoms with E-state index in [4.69, 9.17) is 0 Å². The quantitative estimate of drug-likeness (QED) is 0.129. The molecule has 0 spiro atoms. The third-order valence-electron chi connectivity index (χ3n) is 7.28. The maximum absolute atomic E-state index is 13.4. The van der Waals surface area contributed by atoms with Crippen LogP contribution in [0.2, 0.25) is 0 Å². The Morgan fingerprint density at radius 3 is 2.09 bits per heavy atom. The highest BCUT2D eigenvalue weighted by molar-refractivity contribution is 8.00. The van der Waals surface area contributed by atoms with Crippen LogP contribution in [0.15, 0.2) is 114 Å². The SMILES string of the molecule is CC(=O)c1ccc(N2C(=O)CC(Sc3ccc(NC(=O)/C(=C/c4ccc(N(C)C)cc4)NC(=O)c4ccccc4)cc3)C2=O)cc1.